The first-order valence-electron chi connectivity index (χ1n) is 10.8. The van der Waals surface area contributed by atoms with Gasteiger partial charge >= 0.3 is 0 Å². The number of carbonyl (C=O) groups is 1. The second-order valence-electron chi connectivity index (χ2n) is 8.56. The van der Waals surface area contributed by atoms with Crippen molar-refractivity contribution in [2.24, 2.45) is 5.92 Å². The van der Waals surface area contributed by atoms with Crippen LogP contribution in [0, 0.1) is 5.92 Å². The number of nitrogens with one attached hydrogen (secondary N) is 1. The van der Waals surface area contributed by atoms with Crippen molar-refractivity contribution in [1.29, 1.82) is 0 Å². The van der Waals surface area contributed by atoms with Crippen LogP contribution in [0.15, 0.2) is 30.3 Å². The summed E-state index contributed by atoms with van der Waals surface area (Å²) in [6, 6.07) is 10.9. The Kier molecular flexibility index (Phi) is 6.31. The van der Waals surface area contributed by atoms with Crippen molar-refractivity contribution in [2.45, 2.75) is 52.2 Å². The van der Waals surface area contributed by atoms with E-state index in [0.29, 0.717) is 44.0 Å². The van der Waals surface area contributed by atoms with E-state index in [1.807, 2.05) is 11.0 Å². The lowest BCUT2D eigenvalue weighted by molar-refractivity contribution is 0.0297. The van der Waals surface area contributed by atoms with Crippen molar-refractivity contribution < 1.29 is 9.53 Å². The van der Waals surface area contributed by atoms with Crippen LogP contribution in [-0.2, 0) is 30.7 Å². The number of hydrogen-bond acceptors (Lipinski definition) is 4. The number of fused-ring (bicyclic) bond motifs is 1. The van der Waals surface area contributed by atoms with Gasteiger partial charge in [-0.15, -0.1) is 0 Å². The SMILES string of the molecule is CC(C)Cn1nc(C(=O)N2CCOCC2)c2c1CC[C@H](NCc1ccccc1)C2. The molecule has 1 aromatic heterocycles. The predicted octanol–water partition coefficient (Wildman–Crippen LogP) is 2.66. The summed E-state index contributed by atoms with van der Waals surface area (Å²) in [4.78, 5) is 15.1. The Morgan fingerprint density at radius 1 is 1.24 bits per heavy atom. The highest BCUT2D eigenvalue weighted by molar-refractivity contribution is 5.94. The Morgan fingerprint density at radius 3 is 2.72 bits per heavy atom. The molecule has 1 aliphatic heterocycles. The molecule has 4 rings (SSSR count). The summed E-state index contributed by atoms with van der Waals surface area (Å²) in [5, 5.41) is 8.51. The molecule has 1 atom stereocenters. The van der Waals surface area contributed by atoms with Crippen molar-refractivity contribution >= 4 is 5.91 Å². The van der Waals surface area contributed by atoms with E-state index in [0.717, 1.165) is 37.9 Å². The molecular weight excluding hydrogens is 364 g/mol. The number of morpholine rings is 1. The van der Waals surface area contributed by atoms with Gasteiger partial charge in [0.15, 0.2) is 5.69 Å². The molecule has 1 amide bonds. The van der Waals surface area contributed by atoms with Gasteiger partial charge in [-0.05, 0) is 30.7 Å². The fourth-order valence-electron chi connectivity index (χ4n) is 4.30. The fourth-order valence-corrected chi connectivity index (χ4v) is 4.30. The maximum Gasteiger partial charge on any atom is 0.274 e. The molecule has 0 unspecified atom stereocenters. The lowest BCUT2D eigenvalue weighted by Gasteiger charge is -2.28. The summed E-state index contributed by atoms with van der Waals surface area (Å²) in [6.45, 7) is 8.65. The third-order valence-corrected chi connectivity index (χ3v) is 5.82. The van der Waals surface area contributed by atoms with Crippen LogP contribution in [0.4, 0.5) is 0 Å². The minimum absolute atomic E-state index is 0.0655. The van der Waals surface area contributed by atoms with E-state index >= 15 is 0 Å². The molecule has 0 spiro atoms. The van der Waals surface area contributed by atoms with E-state index in [4.69, 9.17) is 9.84 Å². The van der Waals surface area contributed by atoms with Gasteiger partial charge in [0, 0.05) is 43.5 Å². The Balaban J connectivity index is 1.53. The zero-order valence-corrected chi connectivity index (χ0v) is 17.6. The number of amides is 1. The maximum atomic E-state index is 13.2. The molecule has 6 heteroatoms. The van der Waals surface area contributed by atoms with Crippen LogP contribution >= 0.6 is 0 Å². The summed E-state index contributed by atoms with van der Waals surface area (Å²) in [7, 11) is 0. The van der Waals surface area contributed by atoms with E-state index in [1.54, 1.807) is 0 Å². The van der Waals surface area contributed by atoms with Crippen LogP contribution in [0.2, 0.25) is 0 Å². The number of aromatic nitrogens is 2. The molecule has 29 heavy (non-hydrogen) atoms. The largest absolute Gasteiger partial charge is 0.378 e. The normalized spacial score (nSPS) is 19.4. The van der Waals surface area contributed by atoms with E-state index in [9.17, 15) is 4.79 Å². The molecule has 1 aromatic carbocycles. The van der Waals surface area contributed by atoms with Gasteiger partial charge in [0.2, 0.25) is 0 Å². The molecule has 1 N–H and O–H groups in total. The molecule has 2 heterocycles. The quantitative estimate of drug-likeness (QED) is 0.816. The average molecular weight is 397 g/mol. The Hall–Kier alpha value is -2.18. The van der Waals surface area contributed by atoms with Gasteiger partial charge in [-0.2, -0.15) is 5.10 Å². The number of carbonyl (C=O) groups excluding carboxylic acids is 1. The fraction of sp³-hybridized carbons (Fsp3) is 0.565. The molecular formula is C23H32N4O2. The lowest BCUT2D eigenvalue weighted by atomic mass is 9.90. The van der Waals surface area contributed by atoms with E-state index in [1.165, 1.54) is 11.3 Å². The third kappa shape index (κ3) is 4.70. The van der Waals surface area contributed by atoms with E-state index < -0.39 is 0 Å². The zero-order chi connectivity index (χ0) is 20.2. The van der Waals surface area contributed by atoms with Crippen LogP contribution in [0.5, 0.6) is 0 Å². The van der Waals surface area contributed by atoms with Gasteiger partial charge in [0.25, 0.3) is 5.91 Å². The van der Waals surface area contributed by atoms with E-state index in [2.05, 4.69) is 48.1 Å². The van der Waals surface area contributed by atoms with Crippen LogP contribution in [0.25, 0.3) is 0 Å². The molecule has 156 valence electrons. The molecule has 1 aliphatic carbocycles. The molecule has 0 saturated carbocycles. The Morgan fingerprint density at radius 2 is 2.00 bits per heavy atom. The van der Waals surface area contributed by atoms with Gasteiger partial charge in [-0.3, -0.25) is 9.48 Å². The molecule has 2 aromatic rings. The smallest absolute Gasteiger partial charge is 0.274 e. The van der Waals surface area contributed by atoms with Crippen molar-refractivity contribution in [3.63, 3.8) is 0 Å². The van der Waals surface area contributed by atoms with Gasteiger partial charge in [-0.25, -0.2) is 0 Å². The van der Waals surface area contributed by atoms with Crippen LogP contribution in [-0.4, -0.2) is 52.9 Å². The average Bonchev–Trinajstić information content (AvgIpc) is 3.10. The molecule has 6 nitrogen and oxygen atoms in total. The van der Waals surface area contributed by atoms with Crippen LogP contribution < -0.4 is 5.32 Å². The van der Waals surface area contributed by atoms with Crippen molar-refractivity contribution in [3.05, 3.63) is 52.8 Å². The maximum absolute atomic E-state index is 13.2. The lowest BCUT2D eigenvalue weighted by Crippen LogP contribution is -2.41. The minimum atomic E-state index is 0.0655. The van der Waals surface area contributed by atoms with Gasteiger partial charge in [-0.1, -0.05) is 44.2 Å². The highest BCUT2D eigenvalue weighted by Crippen LogP contribution is 2.27. The van der Waals surface area contributed by atoms with Gasteiger partial charge in [0.05, 0.1) is 13.2 Å². The number of hydrogen-bond donors (Lipinski definition) is 1. The number of rotatable bonds is 6. The highest BCUT2D eigenvalue weighted by atomic mass is 16.5. The summed E-state index contributed by atoms with van der Waals surface area (Å²) >= 11 is 0. The van der Waals surface area contributed by atoms with Crippen molar-refractivity contribution in [2.75, 3.05) is 26.3 Å². The van der Waals surface area contributed by atoms with E-state index in [-0.39, 0.29) is 5.91 Å². The monoisotopic (exact) mass is 396 g/mol. The number of ether oxygens (including phenoxy) is 1. The number of nitrogens with zero attached hydrogens (tertiary/aromatic N) is 3. The molecule has 1 fully saturated rings. The first kappa shape index (κ1) is 20.1. The second kappa shape index (κ2) is 9.09. The van der Waals surface area contributed by atoms with Crippen LogP contribution in [0.3, 0.4) is 0 Å². The first-order valence-corrected chi connectivity index (χ1v) is 10.8. The third-order valence-electron chi connectivity index (χ3n) is 5.82. The Bertz CT molecular complexity index is 825. The summed E-state index contributed by atoms with van der Waals surface area (Å²) in [6.07, 6.45) is 2.92. The van der Waals surface area contributed by atoms with Crippen LogP contribution in [0.1, 0.15) is 47.6 Å². The number of benzene rings is 1. The molecule has 0 bridgehead atoms. The molecule has 0 radical (unpaired) electrons. The minimum Gasteiger partial charge on any atom is -0.378 e. The zero-order valence-electron chi connectivity index (χ0n) is 17.6. The van der Waals surface area contributed by atoms with Gasteiger partial charge < -0.3 is 15.0 Å². The highest BCUT2D eigenvalue weighted by Gasteiger charge is 2.31. The summed E-state index contributed by atoms with van der Waals surface area (Å²) in [5.41, 5.74) is 4.36. The predicted molar refractivity (Wildman–Crippen MR) is 113 cm³/mol. The first-order chi connectivity index (χ1) is 14.1. The molecule has 2 aliphatic rings. The van der Waals surface area contributed by atoms with Gasteiger partial charge in [0.1, 0.15) is 0 Å². The Labute approximate surface area is 173 Å². The second-order valence-corrected chi connectivity index (χ2v) is 8.56. The molecule has 1 saturated heterocycles. The van der Waals surface area contributed by atoms with Crippen molar-refractivity contribution in [1.82, 2.24) is 20.0 Å². The summed E-state index contributed by atoms with van der Waals surface area (Å²) in [5.74, 6) is 0.565. The topological polar surface area (TPSA) is 59.4 Å². The summed E-state index contributed by atoms with van der Waals surface area (Å²) < 4.78 is 7.52. The standard InChI is InChI=1S/C23H32N4O2/c1-17(2)16-27-21-9-8-19(24-15-18-6-4-3-5-7-18)14-20(21)22(25-27)23(28)26-10-12-29-13-11-26/h3-7,17,19,24H,8-16H2,1-2H3/t19-/m0/s1. The van der Waals surface area contributed by atoms with Crippen molar-refractivity contribution in [3.8, 4) is 0 Å².